The first-order valence-electron chi connectivity index (χ1n) is 11.1. The van der Waals surface area contributed by atoms with Crippen molar-refractivity contribution in [2.24, 2.45) is 0 Å². The van der Waals surface area contributed by atoms with Gasteiger partial charge in [-0.25, -0.2) is 0 Å². The van der Waals surface area contributed by atoms with E-state index in [1.165, 1.54) is 11.0 Å². The number of hydrogen-bond acceptors (Lipinski definition) is 6. The van der Waals surface area contributed by atoms with Gasteiger partial charge in [0.1, 0.15) is 0 Å². The molecule has 0 saturated carbocycles. The number of nitrogens with one attached hydrogen (secondary N) is 1. The number of benzene rings is 2. The van der Waals surface area contributed by atoms with Crippen LogP contribution in [0, 0.1) is 0 Å². The van der Waals surface area contributed by atoms with Crippen LogP contribution in [-0.4, -0.2) is 58.2 Å². The molecule has 12 heteroatoms. The third kappa shape index (κ3) is 5.15. The summed E-state index contributed by atoms with van der Waals surface area (Å²) in [5.41, 5.74) is 1.17. The third-order valence-electron chi connectivity index (χ3n) is 5.94. The standard InChI is InChI=1S/C24H20ClF3N4O3S/c25-19-9-17(24(26,27)28)3-2-15(19)11-32-20-4-1-14(7-16(20)10-30-32)8-21-22(33)31(23(34)36-21)12-18-13-35-6-5-29-18/h1-4,7-10,18,29H,5-6,11-13H2/b21-8-/t18-/m1/s1. The average Bonchev–Trinajstić information content (AvgIpc) is 3.35. The van der Waals surface area contributed by atoms with E-state index in [9.17, 15) is 22.8 Å². The zero-order valence-electron chi connectivity index (χ0n) is 18.7. The number of ether oxygens (including phenoxy) is 1. The number of amides is 2. The molecule has 1 atom stereocenters. The quantitative estimate of drug-likeness (QED) is 0.473. The van der Waals surface area contributed by atoms with E-state index >= 15 is 0 Å². The van der Waals surface area contributed by atoms with Crippen LogP contribution in [0.5, 0.6) is 0 Å². The Morgan fingerprint density at radius 2 is 2.06 bits per heavy atom. The van der Waals surface area contributed by atoms with Crippen molar-refractivity contribution in [3.8, 4) is 0 Å². The predicted octanol–water partition coefficient (Wildman–Crippen LogP) is 4.78. The van der Waals surface area contributed by atoms with Crippen LogP contribution < -0.4 is 5.32 Å². The van der Waals surface area contributed by atoms with Crippen molar-refractivity contribution in [3.05, 3.63) is 69.2 Å². The topological polar surface area (TPSA) is 76.5 Å². The molecule has 1 N–H and O–H groups in total. The van der Waals surface area contributed by atoms with Crippen LogP contribution in [0.1, 0.15) is 16.7 Å². The number of rotatable bonds is 5. The average molecular weight is 537 g/mol. The second-order valence-electron chi connectivity index (χ2n) is 8.44. The van der Waals surface area contributed by atoms with Gasteiger partial charge < -0.3 is 10.1 Å². The fraction of sp³-hybridized carbons (Fsp3) is 0.292. The molecule has 7 nitrogen and oxygen atoms in total. The molecule has 2 aliphatic rings. The van der Waals surface area contributed by atoms with Gasteiger partial charge in [-0.2, -0.15) is 18.3 Å². The normalized spacial score (nSPS) is 20.2. The van der Waals surface area contributed by atoms with Crippen LogP contribution >= 0.6 is 23.4 Å². The van der Waals surface area contributed by atoms with Gasteiger partial charge in [0.25, 0.3) is 11.1 Å². The number of carbonyl (C=O) groups is 2. The summed E-state index contributed by atoms with van der Waals surface area (Å²) in [6, 6.07) is 8.59. The maximum absolute atomic E-state index is 12.9. The summed E-state index contributed by atoms with van der Waals surface area (Å²) < 4.78 is 45.8. The summed E-state index contributed by atoms with van der Waals surface area (Å²) in [5, 5.41) is 8.04. The van der Waals surface area contributed by atoms with Gasteiger partial charge in [-0.3, -0.25) is 19.2 Å². The Hall–Kier alpha value is -2.86. The molecule has 0 bridgehead atoms. The van der Waals surface area contributed by atoms with Crippen LogP contribution in [0.15, 0.2) is 47.5 Å². The maximum atomic E-state index is 12.9. The lowest BCUT2D eigenvalue weighted by Crippen LogP contribution is -2.49. The summed E-state index contributed by atoms with van der Waals surface area (Å²) in [6.45, 7) is 2.17. The van der Waals surface area contributed by atoms with Crippen LogP contribution in [0.3, 0.4) is 0 Å². The predicted molar refractivity (Wildman–Crippen MR) is 131 cm³/mol. The molecule has 188 valence electrons. The highest BCUT2D eigenvalue weighted by Gasteiger charge is 2.36. The number of nitrogens with zero attached hydrogens (tertiary/aromatic N) is 3. The molecular formula is C24H20ClF3N4O3S. The lowest BCUT2D eigenvalue weighted by Gasteiger charge is -2.26. The summed E-state index contributed by atoms with van der Waals surface area (Å²) in [5.74, 6) is -0.342. The zero-order valence-corrected chi connectivity index (χ0v) is 20.3. The van der Waals surface area contributed by atoms with Crippen LogP contribution in [0.2, 0.25) is 5.02 Å². The molecule has 0 aliphatic carbocycles. The van der Waals surface area contributed by atoms with Crippen LogP contribution in [0.4, 0.5) is 18.0 Å². The van der Waals surface area contributed by atoms with Crippen molar-refractivity contribution in [1.29, 1.82) is 0 Å². The maximum Gasteiger partial charge on any atom is 0.416 e. The van der Waals surface area contributed by atoms with E-state index in [-0.39, 0.29) is 35.3 Å². The minimum atomic E-state index is -4.46. The zero-order chi connectivity index (χ0) is 25.4. The van der Waals surface area contributed by atoms with Gasteiger partial charge in [0, 0.05) is 29.5 Å². The second kappa shape index (κ2) is 9.89. The Balaban J connectivity index is 1.33. The third-order valence-corrected chi connectivity index (χ3v) is 7.20. The largest absolute Gasteiger partial charge is 0.416 e. The van der Waals surface area contributed by atoms with E-state index in [1.54, 1.807) is 29.1 Å². The van der Waals surface area contributed by atoms with Gasteiger partial charge >= 0.3 is 6.18 Å². The summed E-state index contributed by atoms with van der Waals surface area (Å²) >= 11 is 6.99. The monoisotopic (exact) mass is 536 g/mol. The highest BCUT2D eigenvalue weighted by molar-refractivity contribution is 8.18. The van der Waals surface area contributed by atoms with Crippen molar-refractivity contribution in [2.45, 2.75) is 18.8 Å². The first kappa shape index (κ1) is 24.8. The Labute approximate surface area is 213 Å². The van der Waals surface area contributed by atoms with Crippen LogP contribution in [0.25, 0.3) is 17.0 Å². The molecular weight excluding hydrogens is 517 g/mol. The number of alkyl halides is 3. The van der Waals surface area contributed by atoms with Crippen molar-refractivity contribution >= 4 is 51.5 Å². The molecule has 2 saturated heterocycles. The number of carbonyl (C=O) groups excluding carboxylic acids is 2. The molecule has 3 heterocycles. The number of hydrogen-bond donors (Lipinski definition) is 1. The van der Waals surface area contributed by atoms with Crippen molar-refractivity contribution in [3.63, 3.8) is 0 Å². The number of morpholine rings is 1. The molecule has 2 aromatic carbocycles. The Kier molecular flexibility index (Phi) is 6.82. The second-order valence-corrected chi connectivity index (χ2v) is 9.84. The molecule has 0 unspecified atom stereocenters. The summed E-state index contributed by atoms with van der Waals surface area (Å²) in [6.07, 6.45) is -1.17. The smallest absolute Gasteiger partial charge is 0.378 e. The number of halogens is 4. The molecule has 3 aromatic rings. The lowest BCUT2D eigenvalue weighted by atomic mass is 10.1. The van der Waals surface area contributed by atoms with E-state index in [1.807, 2.05) is 6.07 Å². The van der Waals surface area contributed by atoms with E-state index in [4.69, 9.17) is 16.3 Å². The minimum absolute atomic E-state index is 0.0100. The van der Waals surface area contributed by atoms with Gasteiger partial charge in [-0.1, -0.05) is 23.7 Å². The van der Waals surface area contributed by atoms with E-state index in [0.717, 1.165) is 40.4 Å². The van der Waals surface area contributed by atoms with E-state index in [0.29, 0.717) is 30.2 Å². The Bertz CT molecular complexity index is 1370. The van der Waals surface area contributed by atoms with Gasteiger partial charge in [0.2, 0.25) is 0 Å². The lowest BCUT2D eigenvalue weighted by molar-refractivity contribution is -0.137. The number of aromatic nitrogens is 2. The summed E-state index contributed by atoms with van der Waals surface area (Å²) in [4.78, 5) is 26.8. The Morgan fingerprint density at radius 3 is 2.78 bits per heavy atom. The Morgan fingerprint density at radius 1 is 1.22 bits per heavy atom. The SMILES string of the molecule is O=C1S/C(=C\c2ccc3c(cnn3Cc3ccc(C(F)(F)F)cc3Cl)c2)C(=O)N1C[C@@H]1COCCN1. The molecule has 2 aliphatic heterocycles. The van der Waals surface area contributed by atoms with Crippen LogP contribution in [-0.2, 0) is 22.3 Å². The molecule has 36 heavy (non-hydrogen) atoms. The molecule has 5 rings (SSSR count). The van der Waals surface area contributed by atoms with Crippen molar-refractivity contribution in [1.82, 2.24) is 20.0 Å². The first-order valence-corrected chi connectivity index (χ1v) is 12.3. The highest BCUT2D eigenvalue weighted by atomic mass is 35.5. The fourth-order valence-corrected chi connectivity index (χ4v) is 5.19. The molecule has 0 spiro atoms. The number of fused-ring (bicyclic) bond motifs is 1. The summed E-state index contributed by atoms with van der Waals surface area (Å²) in [7, 11) is 0. The first-order chi connectivity index (χ1) is 17.2. The number of imide groups is 1. The molecule has 2 amide bonds. The van der Waals surface area contributed by atoms with E-state index < -0.39 is 11.7 Å². The fourth-order valence-electron chi connectivity index (χ4n) is 4.10. The van der Waals surface area contributed by atoms with Gasteiger partial charge in [0.15, 0.2) is 0 Å². The van der Waals surface area contributed by atoms with Gasteiger partial charge in [-0.05, 0) is 53.2 Å². The minimum Gasteiger partial charge on any atom is -0.378 e. The van der Waals surface area contributed by atoms with E-state index in [2.05, 4.69) is 10.4 Å². The molecule has 2 fully saturated rings. The molecule has 0 radical (unpaired) electrons. The molecule has 1 aromatic heterocycles. The van der Waals surface area contributed by atoms with Crippen molar-refractivity contribution < 1.29 is 27.5 Å². The van der Waals surface area contributed by atoms with Gasteiger partial charge in [-0.15, -0.1) is 0 Å². The van der Waals surface area contributed by atoms with Crippen molar-refractivity contribution in [2.75, 3.05) is 26.3 Å². The van der Waals surface area contributed by atoms with Gasteiger partial charge in [0.05, 0.1) is 41.9 Å². The number of thioether (sulfide) groups is 1. The highest BCUT2D eigenvalue weighted by Crippen LogP contribution is 2.34.